The first-order valence-corrected chi connectivity index (χ1v) is 6.00. The molecule has 2 aromatic rings. The Kier molecular flexibility index (Phi) is 4.08. The van der Waals surface area contributed by atoms with Crippen LogP contribution in [0.25, 0.3) is 0 Å². The predicted molar refractivity (Wildman–Crippen MR) is 71.4 cm³/mol. The van der Waals surface area contributed by atoms with Gasteiger partial charge in [-0.3, -0.25) is 10.1 Å². The molecule has 9 nitrogen and oxygen atoms in total. The summed E-state index contributed by atoms with van der Waals surface area (Å²) in [6.45, 7) is 2.16. The van der Waals surface area contributed by atoms with Gasteiger partial charge in [-0.15, -0.1) is 0 Å². The Labute approximate surface area is 114 Å². The fourth-order valence-corrected chi connectivity index (χ4v) is 1.62. The fraction of sp³-hybridized carbons (Fsp3) is 0.364. The first-order chi connectivity index (χ1) is 9.65. The lowest BCUT2D eigenvalue weighted by Crippen LogP contribution is -2.08. The smallest absolute Gasteiger partial charge is 0.353 e. The van der Waals surface area contributed by atoms with E-state index < -0.39 is 4.92 Å². The van der Waals surface area contributed by atoms with Crippen molar-refractivity contribution in [3.8, 4) is 0 Å². The van der Waals surface area contributed by atoms with Gasteiger partial charge in [-0.1, -0.05) is 6.92 Å². The zero-order valence-electron chi connectivity index (χ0n) is 11.1. The van der Waals surface area contributed by atoms with Crippen molar-refractivity contribution in [3.63, 3.8) is 0 Å². The molecular weight excluding hydrogens is 264 g/mol. The van der Waals surface area contributed by atoms with Crippen LogP contribution in [-0.4, -0.2) is 26.9 Å². The number of aryl methyl sites for hydroxylation is 1. The van der Waals surface area contributed by atoms with E-state index in [9.17, 15) is 10.1 Å². The first kappa shape index (κ1) is 13.7. The average molecular weight is 278 g/mol. The number of anilines is 2. The number of aromatic nitrogens is 3. The molecule has 106 valence electrons. The molecular formula is C11H14N6O3. The van der Waals surface area contributed by atoms with E-state index in [1.165, 1.54) is 6.33 Å². The third kappa shape index (κ3) is 2.82. The molecule has 2 rings (SSSR count). The monoisotopic (exact) mass is 278 g/mol. The van der Waals surface area contributed by atoms with Gasteiger partial charge in [-0.05, 0) is 0 Å². The normalized spacial score (nSPS) is 10.3. The summed E-state index contributed by atoms with van der Waals surface area (Å²) in [5.74, 6) is 1.47. The van der Waals surface area contributed by atoms with Gasteiger partial charge in [0.1, 0.15) is 12.1 Å². The second-order valence-corrected chi connectivity index (χ2v) is 3.85. The molecule has 2 heterocycles. The van der Waals surface area contributed by atoms with Gasteiger partial charge in [-0.2, -0.15) is 0 Å². The molecule has 0 fully saturated rings. The SMILES string of the molecule is CCc1cnc(CNc2ncnc(NC)c2[N+](=O)[O-])o1. The topological polar surface area (TPSA) is 119 Å². The molecule has 0 spiro atoms. The van der Waals surface area contributed by atoms with Crippen LogP contribution in [0.3, 0.4) is 0 Å². The fourth-order valence-electron chi connectivity index (χ4n) is 1.62. The number of nitrogens with one attached hydrogen (secondary N) is 2. The van der Waals surface area contributed by atoms with Gasteiger partial charge in [0.15, 0.2) is 0 Å². The number of nitrogens with zero attached hydrogens (tertiary/aromatic N) is 4. The minimum atomic E-state index is -0.540. The Bertz CT molecular complexity index is 612. The predicted octanol–water partition coefficient (Wildman–Crippen LogP) is 1.59. The highest BCUT2D eigenvalue weighted by Gasteiger charge is 2.22. The maximum atomic E-state index is 11.1. The number of rotatable bonds is 6. The molecule has 0 radical (unpaired) electrons. The maximum absolute atomic E-state index is 11.1. The summed E-state index contributed by atoms with van der Waals surface area (Å²) in [5.41, 5.74) is -0.211. The highest BCUT2D eigenvalue weighted by molar-refractivity contribution is 5.68. The molecule has 0 aliphatic heterocycles. The largest absolute Gasteiger partial charge is 0.444 e. The van der Waals surface area contributed by atoms with Gasteiger partial charge in [0.25, 0.3) is 0 Å². The summed E-state index contributed by atoms with van der Waals surface area (Å²) in [6, 6.07) is 0. The van der Waals surface area contributed by atoms with E-state index in [0.717, 1.165) is 12.2 Å². The van der Waals surface area contributed by atoms with Crippen molar-refractivity contribution >= 4 is 17.3 Å². The Balaban J connectivity index is 2.18. The van der Waals surface area contributed by atoms with Crippen LogP contribution in [0, 0.1) is 10.1 Å². The van der Waals surface area contributed by atoms with E-state index >= 15 is 0 Å². The highest BCUT2D eigenvalue weighted by Crippen LogP contribution is 2.28. The Morgan fingerprint density at radius 3 is 2.70 bits per heavy atom. The third-order valence-electron chi connectivity index (χ3n) is 2.60. The molecule has 0 amide bonds. The van der Waals surface area contributed by atoms with Crippen molar-refractivity contribution < 1.29 is 9.34 Å². The van der Waals surface area contributed by atoms with Crippen LogP contribution in [0.2, 0.25) is 0 Å². The van der Waals surface area contributed by atoms with Gasteiger partial charge >= 0.3 is 5.69 Å². The molecule has 2 N–H and O–H groups in total. The summed E-state index contributed by atoms with van der Waals surface area (Å²) in [4.78, 5) is 22.3. The Hall–Kier alpha value is -2.71. The van der Waals surface area contributed by atoms with Crippen LogP contribution in [0.5, 0.6) is 0 Å². The second-order valence-electron chi connectivity index (χ2n) is 3.85. The van der Waals surface area contributed by atoms with Crippen LogP contribution in [0.15, 0.2) is 16.9 Å². The number of oxazole rings is 1. The van der Waals surface area contributed by atoms with Gasteiger partial charge in [-0.25, -0.2) is 15.0 Å². The quantitative estimate of drug-likeness (QED) is 0.603. The molecule has 2 aromatic heterocycles. The molecule has 0 aliphatic rings. The highest BCUT2D eigenvalue weighted by atomic mass is 16.6. The number of hydrogen-bond acceptors (Lipinski definition) is 8. The molecule has 20 heavy (non-hydrogen) atoms. The van der Waals surface area contributed by atoms with Crippen molar-refractivity contribution in [3.05, 3.63) is 34.3 Å². The Morgan fingerprint density at radius 2 is 2.10 bits per heavy atom. The van der Waals surface area contributed by atoms with Crippen LogP contribution in [-0.2, 0) is 13.0 Å². The molecule has 0 aromatic carbocycles. The van der Waals surface area contributed by atoms with E-state index in [4.69, 9.17) is 4.42 Å². The minimum Gasteiger partial charge on any atom is -0.444 e. The van der Waals surface area contributed by atoms with Crippen LogP contribution < -0.4 is 10.6 Å². The number of hydrogen-bond donors (Lipinski definition) is 2. The van der Waals surface area contributed by atoms with E-state index in [-0.39, 0.29) is 23.9 Å². The molecule has 0 atom stereocenters. The summed E-state index contributed by atoms with van der Waals surface area (Å²) < 4.78 is 5.41. The lowest BCUT2D eigenvalue weighted by Gasteiger charge is -2.06. The van der Waals surface area contributed by atoms with Crippen LogP contribution in [0.1, 0.15) is 18.6 Å². The molecule has 0 saturated heterocycles. The maximum Gasteiger partial charge on any atom is 0.353 e. The average Bonchev–Trinajstić information content (AvgIpc) is 2.92. The van der Waals surface area contributed by atoms with Crippen molar-refractivity contribution in [1.82, 2.24) is 15.0 Å². The van der Waals surface area contributed by atoms with Gasteiger partial charge in [0.2, 0.25) is 17.5 Å². The molecule has 9 heteroatoms. The summed E-state index contributed by atoms with van der Waals surface area (Å²) >= 11 is 0. The van der Waals surface area contributed by atoms with E-state index in [1.807, 2.05) is 6.92 Å². The summed E-state index contributed by atoms with van der Waals surface area (Å²) in [7, 11) is 1.56. The van der Waals surface area contributed by atoms with Crippen molar-refractivity contribution in [2.75, 3.05) is 17.7 Å². The summed E-state index contributed by atoms with van der Waals surface area (Å²) in [5, 5.41) is 16.6. The van der Waals surface area contributed by atoms with Gasteiger partial charge in [0.05, 0.1) is 17.7 Å². The standard InChI is InChI=1S/C11H14N6O3/c1-3-7-4-13-8(20-7)5-14-11-9(17(18)19)10(12-2)15-6-16-11/h4,6H,3,5H2,1-2H3,(H2,12,14,15,16). The van der Waals surface area contributed by atoms with Gasteiger partial charge < -0.3 is 15.1 Å². The molecule has 0 unspecified atom stereocenters. The molecule has 0 aliphatic carbocycles. The van der Waals surface area contributed by atoms with E-state index in [0.29, 0.717) is 5.89 Å². The van der Waals surface area contributed by atoms with E-state index in [1.54, 1.807) is 13.2 Å². The molecule has 0 bridgehead atoms. The molecule has 0 saturated carbocycles. The zero-order valence-corrected chi connectivity index (χ0v) is 11.1. The van der Waals surface area contributed by atoms with Crippen molar-refractivity contribution in [2.45, 2.75) is 19.9 Å². The lowest BCUT2D eigenvalue weighted by atomic mass is 10.4. The second kappa shape index (κ2) is 5.95. The van der Waals surface area contributed by atoms with Crippen molar-refractivity contribution in [1.29, 1.82) is 0 Å². The first-order valence-electron chi connectivity index (χ1n) is 6.00. The van der Waals surface area contributed by atoms with Crippen LogP contribution >= 0.6 is 0 Å². The third-order valence-corrected chi connectivity index (χ3v) is 2.60. The van der Waals surface area contributed by atoms with Crippen molar-refractivity contribution in [2.24, 2.45) is 0 Å². The van der Waals surface area contributed by atoms with Crippen LogP contribution in [0.4, 0.5) is 17.3 Å². The minimum absolute atomic E-state index is 0.116. The lowest BCUT2D eigenvalue weighted by molar-refractivity contribution is -0.383. The van der Waals surface area contributed by atoms with Gasteiger partial charge in [0, 0.05) is 13.5 Å². The number of nitro groups is 1. The van der Waals surface area contributed by atoms with E-state index in [2.05, 4.69) is 25.6 Å². The zero-order chi connectivity index (χ0) is 14.5. The Morgan fingerprint density at radius 1 is 1.35 bits per heavy atom. The summed E-state index contributed by atoms with van der Waals surface area (Å²) in [6.07, 6.45) is 3.61.